The molecule has 0 aliphatic carbocycles. The van der Waals surface area contributed by atoms with Crippen molar-refractivity contribution < 1.29 is 9.21 Å². The minimum absolute atomic E-state index is 0.0725. The molecular weight excluding hydrogens is 464 g/mol. The summed E-state index contributed by atoms with van der Waals surface area (Å²) < 4.78 is 5.74. The molecule has 0 aliphatic rings. The molecule has 0 unspecified atom stereocenters. The van der Waals surface area contributed by atoms with Crippen LogP contribution in [0.2, 0.25) is 5.02 Å². The van der Waals surface area contributed by atoms with Gasteiger partial charge >= 0.3 is 0 Å². The number of nitrogens with zero attached hydrogens (tertiary/aromatic N) is 4. The van der Waals surface area contributed by atoms with E-state index < -0.39 is 0 Å². The van der Waals surface area contributed by atoms with E-state index in [0.29, 0.717) is 27.0 Å². The van der Waals surface area contributed by atoms with Crippen molar-refractivity contribution in [2.45, 2.75) is 38.7 Å². The van der Waals surface area contributed by atoms with Gasteiger partial charge in [0.25, 0.3) is 5.22 Å². The highest BCUT2D eigenvalue weighted by Crippen LogP contribution is 2.35. The summed E-state index contributed by atoms with van der Waals surface area (Å²) in [5, 5.41) is 11.9. The molecule has 1 amide bonds. The minimum atomic E-state index is -0.0725. The lowest BCUT2D eigenvalue weighted by atomic mass is 10.0. The number of thioether (sulfide) groups is 1. The highest BCUT2D eigenvalue weighted by Gasteiger charge is 2.22. The fourth-order valence-electron chi connectivity index (χ4n) is 3.52. The molecule has 4 aromatic rings. The van der Waals surface area contributed by atoms with E-state index in [1.807, 2.05) is 31.4 Å². The van der Waals surface area contributed by atoms with Crippen LogP contribution < -0.4 is 4.90 Å². The van der Waals surface area contributed by atoms with Crippen LogP contribution in [0.25, 0.3) is 11.5 Å². The van der Waals surface area contributed by atoms with Crippen LogP contribution in [-0.2, 0) is 10.5 Å². The van der Waals surface area contributed by atoms with Crippen LogP contribution in [0.1, 0.15) is 29.3 Å². The Bertz CT molecular complexity index is 1260. The van der Waals surface area contributed by atoms with Crippen LogP contribution in [0.15, 0.2) is 51.4 Å². The number of thiazole rings is 1. The first-order valence-electron chi connectivity index (χ1n) is 9.87. The average molecular weight is 485 g/mol. The van der Waals surface area contributed by atoms with Crippen molar-refractivity contribution >= 4 is 51.4 Å². The van der Waals surface area contributed by atoms with E-state index in [-0.39, 0.29) is 5.91 Å². The van der Waals surface area contributed by atoms with Gasteiger partial charge in [-0.15, -0.1) is 21.5 Å². The smallest absolute Gasteiger partial charge is 0.277 e. The lowest BCUT2D eigenvalue weighted by molar-refractivity contribution is -0.115. The number of carbonyl (C=O) groups excluding carboxylic acids is 1. The molecular formula is C23H21ClN4O2S2. The van der Waals surface area contributed by atoms with Crippen molar-refractivity contribution in [2.24, 2.45) is 0 Å². The van der Waals surface area contributed by atoms with Gasteiger partial charge in [0, 0.05) is 28.6 Å². The lowest BCUT2D eigenvalue weighted by Crippen LogP contribution is -2.24. The molecule has 0 atom stereocenters. The topological polar surface area (TPSA) is 72.1 Å². The predicted octanol–water partition coefficient (Wildman–Crippen LogP) is 6.75. The van der Waals surface area contributed by atoms with E-state index in [1.165, 1.54) is 28.7 Å². The minimum Gasteiger partial charge on any atom is -0.411 e. The third-order valence-corrected chi connectivity index (χ3v) is 6.69. The first kappa shape index (κ1) is 22.5. The van der Waals surface area contributed by atoms with E-state index >= 15 is 0 Å². The number of carbonyl (C=O) groups is 1. The molecule has 6 nitrogen and oxygen atoms in total. The quantitative estimate of drug-likeness (QED) is 0.282. The predicted molar refractivity (Wildman–Crippen MR) is 130 cm³/mol. The Labute approximate surface area is 199 Å². The molecule has 4 rings (SSSR count). The van der Waals surface area contributed by atoms with Crippen LogP contribution >= 0.6 is 34.7 Å². The van der Waals surface area contributed by atoms with Crippen molar-refractivity contribution in [1.82, 2.24) is 15.2 Å². The third kappa shape index (κ3) is 4.87. The molecule has 0 saturated carbocycles. The van der Waals surface area contributed by atoms with Crippen LogP contribution in [0.3, 0.4) is 0 Å². The van der Waals surface area contributed by atoms with Gasteiger partial charge in [-0.05, 0) is 50.1 Å². The van der Waals surface area contributed by atoms with Crippen molar-refractivity contribution in [3.05, 3.63) is 69.2 Å². The molecule has 0 aliphatic heterocycles. The maximum atomic E-state index is 12.5. The lowest BCUT2D eigenvalue weighted by Gasteiger charge is -2.23. The Morgan fingerprint density at radius 1 is 1.16 bits per heavy atom. The molecule has 9 heteroatoms. The Morgan fingerprint density at radius 2 is 1.91 bits per heavy atom. The molecule has 0 radical (unpaired) electrons. The highest BCUT2D eigenvalue weighted by molar-refractivity contribution is 7.98. The van der Waals surface area contributed by atoms with Crippen LogP contribution in [0.5, 0.6) is 0 Å². The highest BCUT2D eigenvalue weighted by atomic mass is 35.5. The van der Waals surface area contributed by atoms with Gasteiger partial charge in [0.15, 0.2) is 5.13 Å². The number of hydrogen-bond acceptors (Lipinski definition) is 7. The summed E-state index contributed by atoms with van der Waals surface area (Å²) in [5.41, 5.74) is 5.76. The SMILES string of the molecule is CC(=O)N(c1nc(CSc2nnc(-c3cccc(Cl)c3)o2)cs1)c1c(C)cc(C)cc1C. The number of benzene rings is 2. The number of amides is 1. The summed E-state index contributed by atoms with van der Waals surface area (Å²) in [7, 11) is 0. The fraction of sp³-hybridized carbons (Fsp3) is 0.217. The van der Waals surface area contributed by atoms with Gasteiger partial charge in [0.2, 0.25) is 11.8 Å². The molecule has 0 spiro atoms. The Morgan fingerprint density at radius 3 is 2.59 bits per heavy atom. The summed E-state index contributed by atoms with van der Waals surface area (Å²) in [6, 6.07) is 11.4. The molecule has 2 aromatic carbocycles. The van der Waals surface area contributed by atoms with Crippen molar-refractivity contribution in [2.75, 3.05) is 4.90 Å². The Hall–Kier alpha value is -2.68. The van der Waals surface area contributed by atoms with Gasteiger partial charge in [-0.25, -0.2) is 4.98 Å². The van der Waals surface area contributed by atoms with Gasteiger partial charge in [0.05, 0.1) is 11.4 Å². The first-order valence-corrected chi connectivity index (χ1v) is 12.1. The van der Waals surface area contributed by atoms with Crippen LogP contribution in [0.4, 0.5) is 10.8 Å². The van der Waals surface area contributed by atoms with Gasteiger partial charge in [-0.2, -0.15) is 0 Å². The molecule has 0 N–H and O–H groups in total. The second-order valence-electron chi connectivity index (χ2n) is 7.40. The van der Waals surface area contributed by atoms with Crippen molar-refractivity contribution in [3.63, 3.8) is 0 Å². The second kappa shape index (κ2) is 9.44. The van der Waals surface area contributed by atoms with Gasteiger partial charge in [0.1, 0.15) is 0 Å². The third-order valence-electron chi connectivity index (χ3n) is 4.73. The Balaban J connectivity index is 1.51. The van der Waals surface area contributed by atoms with E-state index in [1.54, 1.807) is 24.0 Å². The molecule has 0 fully saturated rings. The van der Waals surface area contributed by atoms with Crippen LogP contribution in [-0.4, -0.2) is 21.1 Å². The van der Waals surface area contributed by atoms with Gasteiger partial charge < -0.3 is 4.42 Å². The zero-order chi connectivity index (χ0) is 22.8. The van der Waals surface area contributed by atoms with Crippen molar-refractivity contribution in [1.29, 1.82) is 0 Å². The second-order valence-corrected chi connectivity index (χ2v) is 9.59. The van der Waals surface area contributed by atoms with E-state index in [0.717, 1.165) is 28.1 Å². The molecule has 0 saturated heterocycles. The largest absolute Gasteiger partial charge is 0.411 e. The van der Waals surface area contributed by atoms with E-state index in [2.05, 4.69) is 29.3 Å². The number of aryl methyl sites for hydroxylation is 3. The monoisotopic (exact) mass is 484 g/mol. The first-order chi connectivity index (χ1) is 15.3. The molecule has 0 bridgehead atoms. The summed E-state index contributed by atoms with van der Waals surface area (Å²) in [4.78, 5) is 18.9. The number of aromatic nitrogens is 3. The van der Waals surface area contributed by atoms with Crippen LogP contribution in [0, 0.1) is 20.8 Å². The fourth-order valence-corrected chi connectivity index (χ4v) is 5.34. The molecule has 164 valence electrons. The molecule has 32 heavy (non-hydrogen) atoms. The molecule has 2 heterocycles. The number of hydrogen-bond donors (Lipinski definition) is 0. The summed E-state index contributed by atoms with van der Waals surface area (Å²) in [6.07, 6.45) is 0. The normalized spacial score (nSPS) is 11.0. The maximum Gasteiger partial charge on any atom is 0.277 e. The van der Waals surface area contributed by atoms with E-state index in [4.69, 9.17) is 21.0 Å². The summed E-state index contributed by atoms with van der Waals surface area (Å²) >= 11 is 8.87. The van der Waals surface area contributed by atoms with Crippen molar-refractivity contribution in [3.8, 4) is 11.5 Å². The zero-order valence-electron chi connectivity index (χ0n) is 18.0. The Kier molecular flexibility index (Phi) is 6.64. The maximum absolute atomic E-state index is 12.5. The number of anilines is 2. The van der Waals surface area contributed by atoms with Gasteiger partial charge in [-0.3, -0.25) is 9.69 Å². The summed E-state index contributed by atoms with van der Waals surface area (Å²) in [6.45, 7) is 7.64. The number of rotatable bonds is 6. The average Bonchev–Trinajstić information content (AvgIpc) is 3.38. The van der Waals surface area contributed by atoms with E-state index in [9.17, 15) is 4.79 Å². The zero-order valence-corrected chi connectivity index (χ0v) is 20.4. The standard InChI is InChI=1S/C23H21ClN4O2S2/c1-13-8-14(2)20(15(3)9-13)28(16(4)29)22-25-19(11-31-22)12-32-23-27-26-21(30-23)17-6-5-7-18(24)10-17/h5-11H,12H2,1-4H3. The summed E-state index contributed by atoms with van der Waals surface area (Å²) in [5.74, 6) is 0.893. The van der Waals surface area contributed by atoms with Gasteiger partial charge in [-0.1, -0.05) is 47.1 Å². The number of halogens is 1. The molecule has 2 aromatic heterocycles.